The van der Waals surface area contributed by atoms with Crippen LogP contribution in [0.2, 0.25) is 0 Å². The summed E-state index contributed by atoms with van der Waals surface area (Å²) in [6.45, 7) is -0.275. The van der Waals surface area contributed by atoms with Crippen molar-refractivity contribution in [2.45, 2.75) is 0 Å². The van der Waals surface area contributed by atoms with Crippen molar-refractivity contribution in [1.82, 2.24) is 15.1 Å². The molecule has 0 atom stereocenters. The smallest absolute Gasteiger partial charge is 0.325 e. The van der Waals surface area contributed by atoms with Gasteiger partial charge in [0, 0.05) is 16.6 Å². The number of aromatic nitrogens is 2. The van der Waals surface area contributed by atoms with E-state index < -0.39 is 17.8 Å². The number of methoxy groups -OCH3 is 1. The lowest BCUT2D eigenvalue weighted by Gasteiger charge is -2.12. The highest BCUT2D eigenvalue weighted by molar-refractivity contribution is 6.11. The van der Waals surface area contributed by atoms with Gasteiger partial charge in [-0.25, -0.2) is 0 Å². The molecule has 4 aromatic rings. The van der Waals surface area contributed by atoms with Crippen LogP contribution in [-0.2, 0) is 9.53 Å². The molecular formula is C25H20N4O5. The highest BCUT2D eigenvalue weighted by Crippen LogP contribution is 2.18. The van der Waals surface area contributed by atoms with E-state index in [1.54, 1.807) is 66.7 Å². The van der Waals surface area contributed by atoms with Crippen molar-refractivity contribution in [3.05, 3.63) is 100 Å². The molecule has 0 aliphatic rings. The Morgan fingerprint density at radius 1 is 0.882 bits per heavy atom. The molecule has 9 nitrogen and oxygen atoms in total. The summed E-state index contributed by atoms with van der Waals surface area (Å²) in [5.74, 6) is -1.62. The first-order valence-electron chi connectivity index (χ1n) is 10.3. The zero-order chi connectivity index (χ0) is 24.1. The van der Waals surface area contributed by atoms with Crippen LogP contribution in [0, 0.1) is 0 Å². The Hall–Kier alpha value is -4.79. The molecule has 0 bridgehead atoms. The molecule has 0 radical (unpaired) electrons. The van der Waals surface area contributed by atoms with E-state index >= 15 is 0 Å². The lowest BCUT2D eigenvalue weighted by atomic mass is 10.1. The molecule has 1 heterocycles. The van der Waals surface area contributed by atoms with Crippen LogP contribution in [-0.4, -0.2) is 41.2 Å². The van der Waals surface area contributed by atoms with Crippen LogP contribution in [0.5, 0.6) is 0 Å². The summed E-state index contributed by atoms with van der Waals surface area (Å²) in [6.07, 6.45) is 0. The topological polar surface area (TPSA) is 119 Å². The predicted octanol–water partition coefficient (Wildman–Crippen LogP) is 2.54. The van der Waals surface area contributed by atoms with Crippen LogP contribution in [0.15, 0.2) is 83.7 Å². The molecule has 0 fully saturated rings. The number of benzene rings is 3. The molecule has 0 saturated carbocycles. The van der Waals surface area contributed by atoms with Crippen LogP contribution >= 0.6 is 0 Å². The van der Waals surface area contributed by atoms with E-state index in [4.69, 9.17) is 0 Å². The fourth-order valence-electron chi connectivity index (χ4n) is 3.36. The normalized spacial score (nSPS) is 10.5. The quantitative estimate of drug-likeness (QED) is 0.431. The molecule has 1 aromatic heterocycles. The van der Waals surface area contributed by atoms with Gasteiger partial charge in [0.2, 0.25) is 0 Å². The minimum absolute atomic E-state index is 0.0552. The second-order valence-corrected chi connectivity index (χ2v) is 7.24. The molecule has 2 amide bonds. The molecule has 0 aliphatic heterocycles. The molecule has 170 valence electrons. The van der Waals surface area contributed by atoms with E-state index in [9.17, 15) is 19.2 Å². The van der Waals surface area contributed by atoms with Crippen molar-refractivity contribution in [3.8, 4) is 5.69 Å². The highest BCUT2D eigenvalue weighted by atomic mass is 16.5. The summed E-state index contributed by atoms with van der Waals surface area (Å²) in [7, 11) is 1.23. The summed E-state index contributed by atoms with van der Waals surface area (Å²) in [4.78, 5) is 49.8. The summed E-state index contributed by atoms with van der Waals surface area (Å²) >= 11 is 0. The van der Waals surface area contributed by atoms with E-state index in [2.05, 4.69) is 20.5 Å². The first kappa shape index (κ1) is 22.4. The fourth-order valence-corrected chi connectivity index (χ4v) is 3.36. The van der Waals surface area contributed by atoms with Crippen molar-refractivity contribution in [3.63, 3.8) is 0 Å². The van der Waals surface area contributed by atoms with Gasteiger partial charge in [-0.15, -0.1) is 0 Å². The zero-order valence-corrected chi connectivity index (χ0v) is 18.1. The summed E-state index contributed by atoms with van der Waals surface area (Å²) in [5.41, 5.74) is 0.826. The average Bonchev–Trinajstić information content (AvgIpc) is 2.88. The van der Waals surface area contributed by atoms with Crippen LogP contribution in [0.25, 0.3) is 16.5 Å². The monoisotopic (exact) mass is 456 g/mol. The van der Waals surface area contributed by atoms with Gasteiger partial charge in [0.1, 0.15) is 6.54 Å². The lowest BCUT2D eigenvalue weighted by molar-refractivity contribution is -0.139. The highest BCUT2D eigenvalue weighted by Gasteiger charge is 2.18. The number of ether oxygens (including phenoxy) is 1. The molecular weight excluding hydrogens is 436 g/mol. The third kappa shape index (κ3) is 4.68. The van der Waals surface area contributed by atoms with Crippen LogP contribution < -0.4 is 16.2 Å². The van der Waals surface area contributed by atoms with Gasteiger partial charge >= 0.3 is 5.97 Å². The van der Waals surface area contributed by atoms with Crippen molar-refractivity contribution >= 4 is 34.2 Å². The number of hydrogen-bond acceptors (Lipinski definition) is 6. The Morgan fingerprint density at radius 2 is 1.59 bits per heavy atom. The van der Waals surface area contributed by atoms with Crippen molar-refractivity contribution in [1.29, 1.82) is 0 Å². The maximum absolute atomic E-state index is 13.2. The van der Waals surface area contributed by atoms with Gasteiger partial charge in [-0.2, -0.15) is 9.78 Å². The number of nitrogens with zero attached hydrogens (tertiary/aromatic N) is 2. The number of para-hydroxylation sites is 1. The number of carbonyl (C=O) groups excluding carboxylic acids is 3. The zero-order valence-electron chi connectivity index (χ0n) is 18.1. The molecule has 2 N–H and O–H groups in total. The van der Waals surface area contributed by atoms with E-state index in [1.807, 2.05) is 6.07 Å². The number of amides is 2. The second kappa shape index (κ2) is 9.78. The molecule has 0 unspecified atom stereocenters. The Bertz CT molecular complexity index is 1450. The second-order valence-electron chi connectivity index (χ2n) is 7.24. The number of carbonyl (C=O) groups is 3. The maximum atomic E-state index is 13.2. The first-order chi connectivity index (χ1) is 16.5. The summed E-state index contributed by atoms with van der Waals surface area (Å²) in [5, 5.41) is 10.3. The number of hydrogen-bond donors (Lipinski definition) is 2. The first-order valence-corrected chi connectivity index (χ1v) is 10.3. The summed E-state index contributed by atoms with van der Waals surface area (Å²) < 4.78 is 5.69. The minimum Gasteiger partial charge on any atom is -0.468 e. The third-order valence-electron chi connectivity index (χ3n) is 5.02. The van der Waals surface area contributed by atoms with Gasteiger partial charge in [-0.1, -0.05) is 42.5 Å². The fraction of sp³-hybridized carbons (Fsp3) is 0.0800. The Balaban J connectivity index is 1.67. The Morgan fingerprint density at radius 3 is 2.32 bits per heavy atom. The third-order valence-corrected chi connectivity index (χ3v) is 5.02. The van der Waals surface area contributed by atoms with E-state index in [1.165, 1.54) is 17.9 Å². The van der Waals surface area contributed by atoms with E-state index in [0.717, 1.165) is 0 Å². The van der Waals surface area contributed by atoms with Gasteiger partial charge in [0.15, 0.2) is 5.69 Å². The Labute approximate surface area is 194 Å². The maximum Gasteiger partial charge on any atom is 0.325 e. The van der Waals surface area contributed by atoms with Crippen molar-refractivity contribution < 1.29 is 19.1 Å². The number of fused-ring (bicyclic) bond motifs is 1. The van der Waals surface area contributed by atoms with E-state index in [0.29, 0.717) is 22.1 Å². The molecule has 3 aromatic carbocycles. The number of esters is 1. The van der Waals surface area contributed by atoms with E-state index in [-0.39, 0.29) is 23.4 Å². The molecule has 9 heteroatoms. The Kier molecular flexibility index (Phi) is 6.45. The SMILES string of the molecule is COC(=O)CNC(=O)c1cccc(NC(=O)c2nn(-c3ccccc3)c(=O)c3ccccc23)c1. The standard InChI is InChI=1S/C25H20N4O5/c1-34-21(30)15-26-23(31)16-8-7-9-17(14-16)27-24(32)22-19-12-5-6-13-20(19)25(33)29(28-22)18-10-3-2-4-11-18/h2-14H,15H2,1H3,(H,26,31)(H,27,32). The van der Waals surface area contributed by atoms with Crippen LogP contribution in [0.4, 0.5) is 5.69 Å². The van der Waals surface area contributed by atoms with Crippen LogP contribution in [0.3, 0.4) is 0 Å². The van der Waals surface area contributed by atoms with Crippen LogP contribution in [0.1, 0.15) is 20.8 Å². The van der Waals surface area contributed by atoms with Gasteiger partial charge in [0.25, 0.3) is 17.4 Å². The van der Waals surface area contributed by atoms with Crippen molar-refractivity contribution in [2.75, 3.05) is 19.0 Å². The molecule has 34 heavy (non-hydrogen) atoms. The molecule has 4 rings (SSSR count). The number of nitrogens with one attached hydrogen (secondary N) is 2. The minimum atomic E-state index is -0.579. The number of anilines is 1. The lowest BCUT2D eigenvalue weighted by Crippen LogP contribution is -2.30. The van der Waals surface area contributed by atoms with Gasteiger partial charge in [-0.3, -0.25) is 19.2 Å². The molecule has 0 spiro atoms. The average molecular weight is 456 g/mol. The van der Waals surface area contributed by atoms with Gasteiger partial charge in [-0.05, 0) is 36.4 Å². The predicted molar refractivity (Wildman–Crippen MR) is 126 cm³/mol. The molecule has 0 saturated heterocycles. The largest absolute Gasteiger partial charge is 0.468 e. The van der Waals surface area contributed by atoms with Gasteiger partial charge < -0.3 is 15.4 Å². The van der Waals surface area contributed by atoms with Crippen molar-refractivity contribution in [2.24, 2.45) is 0 Å². The number of rotatable bonds is 6. The molecule has 0 aliphatic carbocycles. The summed E-state index contributed by atoms with van der Waals surface area (Å²) in [6, 6.07) is 21.8. The van der Waals surface area contributed by atoms with Gasteiger partial charge in [0.05, 0.1) is 18.2 Å².